The molecule has 0 amide bonds. The van der Waals surface area contributed by atoms with Crippen molar-refractivity contribution in [3.63, 3.8) is 0 Å². The second-order valence-electron chi connectivity index (χ2n) is 5.13. The zero-order valence-corrected chi connectivity index (χ0v) is 20.1. The average molecular weight is 572 g/mol. The maximum absolute atomic E-state index is 4.81. The molecule has 0 aliphatic heterocycles. The smallest absolute Gasteiger partial charge is 0 e. The summed E-state index contributed by atoms with van der Waals surface area (Å²) >= 11 is 9.42. The van der Waals surface area contributed by atoms with E-state index in [2.05, 4.69) is 60.7 Å². The molecule has 1 aliphatic carbocycles. The number of rotatable bonds is 3. The Bertz CT molecular complexity index is 486. The number of hydrogen-bond donors (Lipinski definition) is 0. The van der Waals surface area contributed by atoms with Gasteiger partial charge in [0.25, 0.3) is 0 Å². The molecular formula is C18H21Cl4FePPd. The third-order valence-corrected chi connectivity index (χ3v) is 6.71. The SMILES string of the molecule is ClCCl.[Cl][Pd][Cl].[Fe].c1ccc(P(c2ccccc2)C2CCCC2)cc1. The maximum atomic E-state index is 4.81. The largest absolute Gasteiger partial charge is 0.0622 e. The van der Waals surface area contributed by atoms with E-state index in [1.54, 1.807) is 10.6 Å². The molecule has 0 spiro atoms. The molecule has 0 saturated heterocycles. The molecule has 0 radical (unpaired) electrons. The van der Waals surface area contributed by atoms with Crippen LogP contribution in [0.25, 0.3) is 0 Å². The minimum atomic E-state index is -0.152. The Morgan fingerprint density at radius 3 is 1.44 bits per heavy atom. The molecule has 0 N–H and O–H groups in total. The van der Waals surface area contributed by atoms with Gasteiger partial charge < -0.3 is 0 Å². The Kier molecular flexibility index (Phi) is 18.2. The van der Waals surface area contributed by atoms with Gasteiger partial charge in [-0.3, -0.25) is 0 Å². The maximum Gasteiger partial charge on any atom is 0 e. The molecule has 0 bridgehead atoms. The van der Waals surface area contributed by atoms with Crippen molar-refractivity contribution in [2.45, 2.75) is 31.3 Å². The van der Waals surface area contributed by atoms with Gasteiger partial charge in [0.05, 0.1) is 5.34 Å². The molecule has 0 nitrogen and oxygen atoms in total. The summed E-state index contributed by atoms with van der Waals surface area (Å²) < 4.78 is 0. The van der Waals surface area contributed by atoms with Crippen LogP contribution in [0.5, 0.6) is 0 Å². The quantitative estimate of drug-likeness (QED) is 0.214. The van der Waals surface area contributed by atoms with Gasteiger partial charge in [-0.25, -0.2) is 0 Å². The van der Waals surface area contributed by atoms with E-state index in [4.69, 9.17) is 42.3 Å². The molecule has 0 atom stereocenters. The van der Waals surface area contributed by atoms with E-state index >= 15 is 0 Å². The molecule has 2 aromatic rings. The van der Waals surface area contributed by atoms with Crippen molar-refractivity contribution in [3.8, 4) is 0 Å². The number of benzene rings is 2. The summed E-state index contributed by atoms with van der Waals surface area (Å²) in [7, 11) is 9.48. The Hall–Kier alpha value is 1.21. The third kappa shape index (κ3) is 10.4. The van der Waals surface area contributed by atoms with Crippen LogP contribution < -0.4 is 10.6 Å². The third-order valence-electron chi connectivity index (χ3n) is 3.76. The van der Waals surface area contributed by atoms with E-state index in [9.17, 15) is 0 Å². The van der Waals surface area contributed by atoms with Gasteiger partial charge in [0.1, 0.15) is 0 Å². The van der Waals surface area contributed by atoms with E-state index in [0.29, 0.717) is 0 Å². The summed E-state index contributed by atoms with van der Waals surface area (Å²) in [6, 6.07) is 22.2. The molecule has 3 rings (SSSR count). The van der Waals surface area contributed by atoms with Gasteiger partial charge in [0, 0.05) is 17.1 Å². The first-order valence-corrected chi connectivity index (χ1v) is 14.1. The molecule has 0 unspecified atom stereocenters. The van der Waals surface area contributed by atoms with Gasteiger partial charge in [-0.15, -0.1) is 23.2 Å². The van der Waals surface area contributed by atoms with Crippen LogP contribution in [0.1, 0.15) is 25.7 Å². The van der Waals surface area contributed by atoms with Crippen LogP contribution in [0.4, 0.5) is 0 Å². The number of halogens is 4. The minimum absolute atomic E-state index is 0. The van der Waals surface area contributed by atoms with Crippen LogP contribution >= 0.6 is 50.2 Å². The molecule has 2 aromatic carbocycles. The average Bonchev–Trinajstić information content (AvgIpc) is 3.13. The van der Waals surface area contributed by atoms with Crippen molar-refractivity contribution in [2.24, 2.45) is 0 Å². The minimum Gasteiger partial charge on any atom is -0.0622 e. The Morgan fingerprint density at radius 2 is 1.12 bits per heavy atom. The summed E-state index contributed by atoms with van der Waals surface area (Å²) in [5, 5.41) is 3.29. The molecule has 1 aliphatic rings. The second kappa shape index (κ2) is 17.3. The first kappa shape index (κ1) is 26.2. The zero-order valence-electron chi connectivity index (χ0n) is 13.5. The fourth-order valence-electron chi connectivity index (χ4n) is 2.91. The first-order chi connectivity index (χ1) is 11.8. The molecule has 1 fully saturated rings. The van der Waals surface area contributed by atoms with Gasteiger partial charge in [0.2, 0.25) is 0 Å². The predicted octanol–water partition coefficient (Wildman–Crippen LogP) is 6.86. The summed E-state index contributed by atoms with van der Waals surface area (Å²) in [4.78, 5) is 0. The Balaban J connectivity index is 0.000000729. The summed E-state index contributed by atoms with van der Waals surface area (Å²) in [5.41, 5.74) is 0.893. The van der Waals surface area contributed by atoms with E-state index in [0.717, 1.165) is 5.66 Å². The van der Waals surface area contributed by atoms with Gasteiger partial charge in [-0.05, 0) is 37.0 Å². The van der Waals surface area contributed by atoms with Gasteiger partial charge in [0.15, 0.2) is 0 Å². The van der Waals surface area contributed by atoms with E-state index < -0.39 is 0 Å². The van der Waals surface area contributed by atoms with Gasteiger partial charge in [-0.1, -0.05) is 73.5 Å². The van der Waals surface area contributed by atoms with Crippen molar-refractivity contribution in [1.29, 1.82) is 0 Å². The van der Waals surface area contributed by atoms with Crippen LogP contribution in [0, 0.1) is 0 Å². The van der Waals surface area contributed by atoms with Crippen LogP contribution in [0.3, 0.4) is 0 Å². The van der Waals surface area contributed by atoms with Gasteiger partial charge >= 0.3 is 35.0 Å². The summed E-state index contributed by atoms with van der Waals surface area (Å²) in [6.07, 6.45) is 5.66. The standard InChI is InChI=1S/C17H19P.CH2Cl2.2ClH.Fe.Pd/c1-3-9-15(10-4-1)18(17-13-7-8-14-17)16-11-5-2-6-12-16;2-1-3;;;;/h1-6,9-12,17H,7-8,13-14H2;1H2;2*1H;;/q;;;;;+2/p-2. The molecule has 25 heavy (non-hydrogen) atoms. The number of alkyl halides is 2. The van der Waals surface area contributed by atoms with Crippen molar-refractivity contribution in [1.82, 2.24) is 0 Å². The molecule has 0 heterocycles. The topological polar surface area (TPSA) is 0 Å². The van der Waals surface area contributed by atoms with E-state index in [1.165, 1.54) is 25.7 Å². The van der Waals surface area contributed by atoms with E-state index in [1.807, 2.05) is 0 Å². The van der Waals surface area contributed by atoms with E-state index in [-0.39, 0.29) is 46.3 Å². The van der Waals surface area contributed by atoms with Crippen LogP contribution in [0.2, 0.25) is 0 Å². The van der Waals surface area contributed by atoms with Crippen molar-refractivity contribution in [2.75, 3.05) is 5.34 Å². The fraction of sp³-hybridized carbons (Fsp3) is 0.333. The van der Waals surface area contributed by atoms with Crippen molar-refractivity contribution < 1.29 is 33.0 Å². The first-order valence-electron chi connectivity index (χ1n) is 7.62. The number of hydrogen-bond acceptors (Lipinski definition) is 0. The summed E-state index contributed by atoms with van der Waals surface area (Å²) in [6.45, 7) is 0. The normalized spacial score (nSPS) is 13.3. The monoisotopic (exact) mass is 570 g/mol. The van der Waals surface area contributed by atoms with Crippen molar-refractivity contribution >= 4 is 60.8 Å². The van der Waals surface area contributed by atoms with Gasteiger partial charge in [-0.2, -0.15) is 0 Å². The van der Waals surface area contributed by atoms with Crippen LogP contribution in [-0.4, -0.2) is 11.0 Å². The van der Waals surface area contributed by atoms with Crippen LogP contribution in [-0.2, 0) is 33.0 Å². The molecule has 7 heteroatoms. The molecule has 0 aromatic heterocycles. The zero-order chi connectivity index (χ0) is 17.6. The van der Waals surface area contributed by atoms with Crippen LogP contribution in [0.15, 0.2) is 60.7 Å². The predicted molar refractivity (Wildman–Crippen MR) is 110 cm³/mol. The molecular weight excluding hydrogens is 551 g/mol. The van der Waals surface area contributed by atoms with Crippen molar-refractivity contribution in [3.05, 3.63) is 60.7 Å². The Labute approximate surface area is 189 Å². The molecule has 1 saturated carbocycles. The fourth-order valence-corrected chi connectivity index (χ4v) is 5.92. The molecule has 144 valence electrons. The second-order valence-corrected chi connectivity index (χ2v) is 10.8. The Morgan fingerprint density at radius 1 is 0.800 bits per heavy atom. The summed E-state index contributed by atoms with van der Waals surface area (Å²) in [5.74, 6) is 0.